The Labute approximate surface area is 147 Å². The van der Waals surface area contributed by atoms with E-state index < -0.39 is 0 Å². The largest absolute Gasteiger partial charge is 0.497 e. The van der Waals surface area contributed by atoms with E-state index >= 15 is 0 Å². The van der Waals surface area contributed by atoms with Crippen LogP contribution < -0.4 is 4.74 Å². The van der Waals surface area contributed by atoms with Crippen LogP contribution in [0.15, 0.2) is 48.5 Å². The van der Waals surface area contributed by atoms with Crippen molar-refractivity contribution in [1.82, 2.24) is 4.90 Å². The van der Waals surface area contributed by atoms with Crippen LogP contribution in [0.5, 0.6) is 5.75 Å². The van der Waals surface area contributed by atoms with Crippen LogP contribution in [0.3, 0.4) is 0 Å². The summed E-state index contributed by atoms with van der Waals surface area (Å²) in [4.78, 5) is 14.5. The number of nitrogens with zero attached hydrogens (tertiary/aromatic N) is 1. The van der Waals surface area contributed by atoms with Gasteiger partial charge in [-0.15, -0.1) is 0 Å². The Hall–Kier alpha value is -2.40. The molecule has 0 N–H and O–H groups in total. The first-order chi connectivity index (χ1) is 12.2. The Kier molecular flexibility index (Phi) is 5.66. The number of halogens is 1. The molecule has 1 fully saturated rings. The van der Waals surface area contributed by atoms with Crippen LogP contribution in [0.4, 0.5) is 4.39 Å². The van der Waals surface area contributed by atoms with Crippen molar-refractivity contribution in [2.75, 3.05) is 20.2 Å². The average Bonchev–Trinajstić information content (AvgIpc) is 2.66. The first kappa shape index (κ1) is 17.4. The second-order valence-electron chi connectivity index (χ2n) is 6.19. The fraction of sp³-hybridized carbons (Fsp3) is 0.350. The van der Waals surface area contributed by atoms with Crippen molar-refractivity contribution in [2.45, 2.75) is 25.6 Å². The zero-order valence-corrected chi connectivity index (χ0v) is 14.3. The molecule has 1 atom stereocenters. The Balaban J connectivity index is 1.59. The minimum absolute atomic E-state index is 0.0158. The fourth-order valence-corrected chi connectivity index (χ4v) is 3.04. The van der Waals surface area contributed by atoms with Crippen LogP contribution in [0, 0.1) is 5.82 Å². The lowest BCUT2D eigenvalue weighted by molar-refractivity contribution is -0.00679. The van der Waals surface area contributed by atoms with E-state index in [1.165, 1.54) is 12.1 Å². The SMILES string of the molecule is COc1cccc(C(=O)N2CCC[C@@H](OCc3cccc(F)c3)C2)c1. The highest BCUT2D eigenvalue weighted by atomic mass is 19.1. The maximum Gasteiger partial charge on any atom is 0.254 e. The van der Waals surface area contributed by atoms with Gasteiger partial charge in [0.2, 0.25) is 0 Å². The Morgan fingerprint density at radius 3 is 2.88 bits per heavy atom. The molecule has 1 heterocycles. The summed E-state index contributed by atoms with van der Waals surface area (Å²) < 4.78 is 24.3. The van der Waals surface area contributed by atoms with Gasteiger partial charge in [-0.3, -0.25) is 4.79 Å². The van der Waals surface area contributed by atoms with Gasteiger partial charge in [0.15, 0.2) is 0 Å². The maximum absolute atomic E-state index is 13.2. The number of piperidine rings is 1. The molecule has 2 aromatic carbocycles. The van der Waals surface area contributed by atoms with Crippen molar-refractivity contribution in [3.63, 3.8) is 0 Å². The zero-order chi connectivity index (χ0) is 17.6. The summed E-state index contributed by atoms with van der Waals surface area (Å²) in [5, 5.41) is 0. The molecule has 0 aliphatic carbocycles. The number of ether oxygens (including phenoxy) is 2. The lowest BCUT2D eigenvalue weighted by atomic mass is 10.1. The van der Waals surface area contributed by atoms with Gasteiger partial charge < -0.3 is 14.4 Å². The number of methoxy groups -OCH3 is 1. The highest BCUT2D eigenvalue weighted by molar-refractivity contribution is 5.94. The van der Waals surface area contributed by atoms with E-state index in [4.69, 9.17) is 9.47 Å². The molecule has 1 amide bonds. The number of likely N-dealkylation sites (tertiary alicyclic amines) is 1. The van der Waals surface area contributed by atoms with E-state index in [1.54, 1.807) is 25.3 Å². The molecule has 0 aromatic heterocycles. The molecule has 0 bridgehead atoms. The lowest BCUT2D eigenvalue weighted by Gasteiger charge is -2.32. The summed E-state index contributed by atoms with van der Waals surface area (Å²) in [6.45, 7) is 1.62. The van der Waals surface area contributed by atoms with Gasteiger partial charge in [0, 0.05) is 18.7 Å². The van der Waals surface area contributed by atoms with Crippen molar-refractivity contribution in [2.24, 2.45) is 0 Å². The van der Waals surface area contributed by atoms with Crippen molar-refractivity contribution in [1.29, 1.82) is 0 Å². The third-order valence-corrected chi connectivity index (χ3v) is 4.36. The Morgan fingerprint density at radius 2 is 2.08 bits per heavy atom. The maximum atomic E-state index is 13.2. The molecule has 0 radical (unpaired) electrons. The van der Waals surface area contributed by atoms with E-state index in [0.717, 1.165) is 24.9 Å². The molecule has 132 valence electrons. The smallest absolute Gasteiger partial charge is 0.254 e. The van der Waals surface area contributed by atoms with E-state index in [1.807, 2.05) is 23.1 Å². The number of amides is 1. The summed E-state index contributed by atoms with van der Waals surface area (Å²) in [7, 11) is 1.58. The minimum Gasteiger partial charge on any atom is -0.497 e. The quantitative estimate of drug-likeness (QED) is 0.832. The fourth-order valence-electron chi connectivity index (χ4n) is 3.04. The highest BCUT2D eigenvalue weighted by Crippen LogP contribution is 2.20. The molecular formula is C20H22FNO3. The Bertz CT molecular complexity index is 734. The molecule has 0 spiro atoms. The normalized spacial score (nSPS) is 17.4. The number of benzene rings is 2. The highest BCUT2D eigenvalue weighted by Gasteiger charge is 2.25. The number of carbonyl (C=O) groups excluding carboxylic acids is 1. The summed E-state index contributed by atoms with van der Waals surface area (Å²) in [5.74, 6) is 0.388. The molecule has 5 heteroatoms. The number of rotatable bonds is 5. The van der Waals surface area contributed by atoms with Gasteiger partial charge in [0.25, 0.3) is 5.91 Å². The molecule has 1 aliphatic heterocycles. The standard InChI is InChI=1S/C20H22FNO3/c1-24-18-8-3-6-16(12-18)20(23)22-10-4-9-19(13-22)25-14-15-5-2-7-17(21)11-15/h2-3,5-8,11-12,19H,4,9-10,13-14H2,1H3/t19-/m1/s1. The molecule has 0 unspecified atom stereocenters. The van der Waals surface area contributed by atoms with Crippen LogP contribution in [-0.2, 0) is 11.3 Å². The van der Waals surface area contributed by atoms with Gasteiger partial charge in [-0.05, 0) is 48.7 Å². The molecule has 25 heavy (non-hydrogen) atoms. The number of hydrogen-bond acceptors (Lipinski definition) is 3. The van der Waals surface area contributed by atoms with Crippen LogP contribution in [-0.4, -0.2) is 37.1 Å². The third kappa shape index (κ3) is 4.57. The molecule has 4 nitrogen and oxygen atoms in total. The van der Waals surface area contributed by atoms with Crippen LogP contribution in [0.1, 0.15) is 28.8 Å². The number of carbonyl (C=O) groups is 1. The van der Waals surface area contributed by atoms with Crippen molar-refractivity contribution in [3.8, 4) is 5.75 Å². The molecule has 3 rings (SSSR count). The molecule has 1 saturated heterocycles. The van der Waals surface area contributed by atoms with E-state index in [-0.39, 0.29) is 17.8 Å². The summed E-state index contributed by atoms with van der Waals surface area (Å²) >= 11 is 0. The third-order valence-electron chi connectivity index (χ3n) is 4.36. The first-order valence-corrected chi connectivity index (χ1v) is 8.45. The second kappa shape index (κ2) is 8.12. The van der Waals surface area contributed by atoms with Crippen molar-refractivity contribution >= 4 is 5.91 Å². The van der Waals surface area contributed by atoms with E-state index in [2.05, 4.69) is 0 Å². The Morgan fingerprint density at radius 1 is 1.24 bits per heavy atom. The van der Waals surface area contributed by atoms with Gasteiger partial charge in [-0.1, -0.05) is 18.2 Å². The molecular weight excluding hydrogens is 321 g/mol. The second-order valence-corrected chi connectivity index (χ2v) is 6.19. The van der Waals surface area contributed by atoms with Gasteiger partial charge in [0.1, 0.15) is 11.6 Å². The van der Waals surface area contributed by atoms with Crippen LogP contribution in [0.2, 0.25) is 0 Å². The van der Waals surface area contributed by atoms with Crippen molar-refractivity contribution in [3.05, 3.63) is 65.5 Å². The van der Waals surface area contributed by atoms with Gasteiger partial charge in [0.05, 0.1) is 19.8 Å². The van der Waals surface area contributed by atoms with Crippen LogP contribution in [0.25, 0.3) is 0 Å². The monoisotopic (exact) mass is 343 g/mol. The first-order valence-electron chi connectivity index (χ1n) is 8.45. The van der Waals surface area contributed by atoms with Crippen LogP contribution >= 0.6 is 0 Å². The summed E-state index contributed by atoms with van der Waals surface area (Å²) in [6.07, 6.45) is 1.76. The van der Waals surface area contributed by atoms with Gasteiger partial charge in [-0.25, -0.2) is 4.39 Å². The topological polar surface area (TPSA) is 38.8 Å². The molecule has 2 aromatic rings. The minimum atomic E-state index is -0.264. The predicted octanol–water partition coefficient (Wildman–Crippen LogP) is 3.66. The molecule has 1 aliphatic rings. The zero-order valence-electron chi connectivity index (χ0n) is 14.3. The predicted molar refractivity (Wildman–Crippen MR) is 93.1 cm³/mol. The van der Waals surface area contributed by atoms with Gasteiger partial charge in [-0.2, -0.15) is 0 Å². The van der Waals surface area contributed by atoms with Gasteiger partial charge >= 0.3 is 0 Å². The van der Waals surface area contributed by atoms with E-state index in [0.29, 0.717) is 24.5 Å². The van der Waals surface area contributed by atoms with E-state index in [9.17, 15) is 9.18 Å². The lowest BCUT2D eigenvalue weighted by Crippen LogP contribution is -2.43. The molecule has 0 saturated carbocycles. The average molecular weight is 343 g/mol. The van der Waals surface area contributed by atoms with Crippen molar-refractivity contribution < 1.29 is 18.7 Å². The number of hydrogen-bond donors (Lipinski definition) is 0. The summed E-state index contributed by atoms with van der Waals surface area (Å²) in [5.41, 5.74) is 1.42. The summed E-state index contributed by atoms with van der Waals surface area (Å²) in [6, 6.07) is 13.6.